The molecule has 86 valence electrons. The fourth-order valence-corrected chi connectivity index (χ4v) is 1.95. The van der Waals surface area contributed by atoms with E-state index in [4.69, 9.17) is 5.11 Å². The second-order valence-corrected chi connectivity index (χ2v) is 3.74. The van der Waals surface area contributed by atoms with Crippen LogP contribution in [0.25, 0.3) is 0 Å². The maximum absolute atomic E-state index is 10.8. The minimum atomic E-state index is -1.07. The summed E-state index contributed by atoms with van der Waals surface area (Å²) in [5.74, 6) is -0.493. The van der Waals surface area contributed by atoms with Crippen LogP contribution in [0.2, 0.25) is 0 Å². The van der Waals surface area contributed by atoms with Crippen LogP contribution < -0.4 is 4.90 Å². The van der Waals surface area contributed by atoms with Crippen LogP contribution >= 0.6 is 0 Å². The van der Waals surface area contributed by atoms with Gasteiger partial charge in [0.2, 0.25) is 0 Å². The van der Waals surface area contributed by atoms with Gasteiger partial charge in [-0.05, 0) is 12.8 Å². The fraction of sp³-hybridized carbons (Fsp3) is 0.500. The van der Waals surface area contributed by atoms with Gasteiger partial charge in [0.1, 0.15) is 12.1 Å². The Morgan fingerprint density at radius 1 is 1.56 bits per heavy atom. The van der Waals surface area contributed by atoms with Gasteiger partial charge in [-0.2, -0.15) is 0 Å². The number of nitrogens with zero attached hydrogens (tertiary/aromatic N) is 3. The first-order valence-corrected chi connectivity index (χ1v) is 5.15. The van der Waals surface area contributed by atoms with Crippen LogP contribution in [0, 0.1) is 0 Å². The summed E-state index contributed by atoms with van der Waals surface area (Å²) in [7, 11) is 0. The monoisotopic (exact) mass is 223 g/mol. The molecule has 1 aromatic rings. The van der Waals surface area contributed by atoms with Gasteiger partial charge in [-0.15, -0.1) is 0 Å². The molecule has 1 fully saturated rings. The van der Waals surface area contributed by atoms with Crippen molar-refractivity contribution in [2.24, 2.45) is 0 Å². The Morgan fingerprint density at radius 3 is 3.06 bits per heavy atom. The van der Waals surface area contributed by atoms with E-state index < -0.39 is 5.97 Å². The van der Waals surface area contributed by atoms with Crippen LogP contribution in [0.15, 0.2) is 12.4 Å². The molecule has 2 rings (SSSR count). The summed E-state index contributed by atoms with van der Waals surface area (Å²) in [5.41, 5.74) is -0.0198. The first kappa shape index (κ1) is 10.8. The minimum absolute atomic E-state index is 0.0198. The first-order chi connectivity index (χ1) is 7.72. The molecule has 2 heterocycles. The average Bonchev–Trinajstić information content (AvgIpc) is 2.77. The molecule has 1 aromatic heterocycles. The zero-order valence-electron chi connectivity index (χ0n) is 8.70. The van der Waals surface area contributed by atoms with Gasteiger partial charge in [-0.1, -0.05) is 0 Å². The Hall–Kier alpha value is -1.69. The number of carboxylic acid groups (broad SMARTS) is 1. The van der Waals surface area contributed by atoms with Crippen molar-refractivity contribution in [1.82, 2.24) is 9.97 Å². The summed E-state index contributed by atoms with van der Waals surface area (Å²) in [5, 5.41) is 18.0. The van der Waals surface area contributed by atoms with Crippen molar-refractivity contribution < 1.29 is 15.0 Å². The minimum Gasteiger partial charge on any atom is -0.477 e. The van der Waals surface area contributed by atoms with Crippen molar-refractivity contribution in [2.75, 3.05) is 18.1 Å². The van der Waals surface area contributed by atoms with E-state index in [9.17, 15) is 9.90 Å². The number of carboxylic acids is 1. The van der Waals surface area contributed by atoms with Crippen molar-refractivity contribution in [3.05, 3.63) is 18.1 Å². The smallest absolute Gasteiger partial charge is 0.354 e. The zero-order chi connectivity index (χ0) is 11.5. The van der Waals surface area contributed by atoms with E-state index in [-0.39, 0.29) is 18.3 Å². The normalized spacial score (nSPS) is 20.1. The number of aliphatic hydroxyl groups is 1. The van der Waals surface area contributed by atoms with E-state index in [1.807, 2.05) is 4.90 Å². The lowest BCUT2D eigenvalue weighted by molar-refractivity contribution is 0.0690. The third-order valence-corrected chi connectivity index (χ3v) is 2.75. The van der Waals surface area contributed by atoms with Crippen LogP contribution in [0.5, 0.6) is 0 Å². The van der Waals surface area contributed by atoms with Crippen LogP contribution in [-0.4, -0.2) is 45.3 Å². The van der Waals surface area contributed by atoms with Gasteiger partial charge < -0.3 is 15.1 Å². The topological polar surface area (TPSA) is 86.5 Å². The predicted molar refractivity (Wildman–Crippen MR) is 56.4 cm³/mol. The molecule has 0 amide bonds. The molecule has 0 aromatic carbocycles. The third-order valence-electron chi connectivity index (χ3n) is 2.75. The predicted octanol–water partition coefficient (Wildman–Crippen LogP) is 0.136. The van der Waals surface area contributed by atoms with Crippen molar-refractivity contribution in [1.29, 1.82) is 0 Å². The van der Waals surface area contributed by atoms with Crippen LogP contribution in [0.3, 0.4) is 0 Å². The van der Waals surface area contributed by atoms with Gasteiger partial charge in [0.05, 0.1) is 12.6 Å². The molecule has 6 nitrogen and oxygen atoms in total. The highest BCUT2D eigenvalue weighted by molar-refractivity contribution is 5.86. The highest BCUT2D eigenvalue weighted by atomic mass is 16.4. The number of hydrogen-bond acceptors (Lipinski definition) is 5. The quantitative estimate of drug-likeness (QED) is 0.757. The molecule has 0 radical (unpaired) electrons. The summed E-state index contributed by atoms with van der Waals surface area (Å²) >= 11 is 0. The van der Waals surface area contributed by atoms with Gasteiger partial charge in [0.25, 0.3) is 0 Å². The van der Waals surface area contributed by atoms with Crippen LogP contribution in [0.4, 0.5) is 5.82 Å². The fourth-order valence-electron chi connectivity index (χ4n) is 1.95. The van der Waals surface area contributed by atoms with E-state index in [1.165, 1.54) is 12.4 Å². The maximum Gasteiger partial charge on any atom is 0.354 e. The molecule has 1 saturated heterocycles. The van der Waals surface area contributed by atoms with Crippen LogP contribution in [0.1, 0.15) is 23.3 Å². The van der Waals surface area contributed by atoms with Gasteiger partial charge >= 0.3 is 5.97 Å². The summed E-state index contributed by atoms with van der Waals surface area (Å²) in [6.45, 7) is 0.855. The first-order valence-electron chi connectivity index (χ1n) is 5.15. The van der Waals surface area contributed by atoms with E-state index in [2.05, 4.69) is 9.97 Å². The Morgan fingerprint density at radius 2 is 2.38 bits per heavy atom. The number of hydrogen-bond donors (Lipinski definition) is 2. The number of carbonyl (C=O) groups is 1. The Labute approximate surface area is 92.6 Å². The number of rotatable bonds is 3. The highest BCUT2D eigenvalue weighted by Crippen LogP contribution is 2.23. The Kier molecular flexibility index (Phi) is 3.00. The average molecular weight is 223 g/mol. The molecule has 2 N–H and O–H groups in total. The lowest BCUT2D eigenvalue weighted by atomic mass is 10.2. The molecule has 0 aliphatic carbocycles. The second-order valence-electron chi connectivity index (χ2n) is 3.74. The SMILES string of the molecule is O=C(O)c1cc(N2CCC[C@H]2CO)ncn1. The summed E-state index contributed by atoms with van der Waals surface area (Å²) in [6.07, 6.45) is 3.13. The van der Waals surface area contributed by atoms with E-state index in [0.717, 1.165) is 19.4 Å². The van der Waals surface area contributed by atoms with Crippen molar-refractivity contribution in [3.8, 4) is 0 Å². The summed E-state index contributed by atoms with van der Waals surface area (Å²) in [4.78, 5) is 20.4. The molecule has 1 aliphatic heterocycles. The molecule has 6 heteroatoms. The zero-order valence-corrected chi connectivity index (χ0v) is 8.70. The van der Waals surface area contributed by atoms with Gasteiger partial charge in [0, 0.05) is 12.6 Å². The van der Waals surface area contributed by atoms with Crippen molar-refractivity contribution in [2.45, 2.75) is 18.9 Å². The number of aromatic carboxylic acids is 1. The van der Waals surface area contributed by atoms with E-state index in [1.54, 1.807) is 0 Å². The molecule has 0 unspecified atom stereocenters. The number of anilines is 1. The molecule has 16 heavy (non-hydrogen) atoms. The van der Waals surface area contributed by atoms with Crippen molar-refractivity contribution >= 4 is 11.8 Å². The molecule has 1 aliphatic rings. The summed E-state index contributed by atoms with van der Waals surface area (Å²) in [6, 6.07) is 1.48. The van der Waals surface area contributed by atoms with Gasteiger partial charge in [-0.3, -0.25) is 0 Å². The van der Waals surface area contributed by atoms with E-state index in [0.29, 0.717) is 5.82 Å². The summed E-state index contributed by atoms with van der Waals surface area (Å²) < 4.78 is 0. The molecular formula is C10H13N3O3. The molecule has 0 saturated carbocycles. The largest absolute Gasteiger partial charge is 0.477 e. The Bertz CT molecular complexity index is 397. The van der Waals surface area contributed by atoms with Gasteiger partial charge in [-0.25, -0.2) is 14.8 Å². The number of aromatic nitrogens is 2. The van der Waals surface area contributed by atoms with Gasteiger partial charge in [0.15, 0.2) is 5.69 Å². The van der Waals surface area contributed by atoms with E-state index >= 15 is 0 Å². The molecule has 1 atom stereocenters. The van der Waals surface area contributed by atoms with Crippen molar-refractivity contribution in [3.63, 3.8) is 0 Å². The lowest BCUT2D eigenvalue weighted by Crippen LogP contribution is -2.32. The second kappa shape index (κ2) is 4.44. The molecular weight excluding hydrogens is 210 g/mol. The number of aliphatic hydroxyl groups excluding tert-OH is 1. The maximum atomic E-state index is 10.8. The Balaban J connectivity index is 2.26. The molecule has 0 spiro atoms. The van der Waals surface area contributed by atoms with Crippen LogP contribution in [-0.2, 0) is 0 Å². The standard InChI is InChI=1S/C10H13N3O3/c14-5-7-2-1-3-13(7)9-4-8(10(15)16)11-6-12-9/h4,6-7,14H,1-3,5H2,(H,15,16)/t7-/m0/s1. The molecule has 0 bridgehead atoms. The highest BCUT2D eigenvalue weighted by Gasteiger charge is 2.25. The lowest BCUT2D eigenvalue weighted by Gasteiger charge is -2.23. The third kappa shape index (κ3) is 1.96.